The van der Waals surface area contributed by atoms with Crippen LogP contribution in [0.3, 0.4) is 0 Å². The van der Waals surface area contributed by atoms with E-state index in [1.165, 1.54) is 4.88 Å². The molecule has 0 radical (unpaired) electrons. The molecule has 1 atom stereocenters. The fourth-order valence-electron chi connectivity index (χ4n) is 1.92. The van der Waals surface area contributed by atoms with Crippen LogP contribution in [0.2, 0.25) is 0 Å². The van der Waals surface area contributed by atoms with Gasteiger partial charge in [-0.3, -0.25) is 4.79 Å². The summed E-state index contributed by atoms with van der Waals surface area (Å²) in [6, 6.07) is 1.79. The van der Waals surface area contributed by atoms with Crippen LogP contribution in [0.15, 0.2) is 12.3 Å². The summed E-state index contributed by atoms with van der Waals surface area (Å²) in [5, 5.41) is 4.04. The molecule has 5 heteroatoms. The van der Waals surface area contributed by atoms with Crippen LogP contribution in [0, 0.1) is 20.8 Å². The van der Waals surface area contributed by atoms with Gasteiger partial charge in [-0.1, -0.05) is 6.92 Å². The van der Waals surface area contributed by atoms with E-state index in [4.69, 9.17) is 0 Å². The van der Waals surface area contributed by atoms with Crippen LogP contribution in [-0.4, -0.2) is 15.9 Å². The van der Waals surface area contributed by atoms with Crippen molar-refractivity contribution >= 4 is 17.2 Å². The Balaban J connectivity index is 2.16. The zero-order valence-corrected chi connectivity index (χ0v) is 12.5. The topological polar surface area (TPSA) is 57.8 Å². The molecule has 19 heavy (non-hydrogen) atoms. The number of H-pyrrole nitrogens is 1. The third-order valence-electron chi connectivity index (χ3n) is 3.26. The first kappa shape index (κ1) is 13.8. The molecule has 2 N–H and O–H groups in total. The summed E-state index contributed by atoms with van der Waals surface area (Å²) in [7, 11) is 0. The van der Waals surface area contributed by atoms with Crippen LogP contribution in [0.25, 0.3) is 0 Å². The number of aromatic nitrogens is 2. The second-order valence-corrected chi connectivity index (χ2v) is 5.88. The van der Waals surface area contributed by atoms with Crippen molar-refractivity contribution in [2.45, 2.75) is 40.2 Å². The number of nitrogens with zero attached hydrogens (tertiary/aromatic N) is 1. The van der Waals surface area contributed by atoms with Gasteiger partial charge in [-0.2, -0.15) is 0 Å². The molecule has 0 aromatic carbocycles. The van der Waals surface area contributed by atoms with E-state index >= 15 is 0 Å². The number of aromatic amines is 1. The van der Waals surface area contributed by atoms with Crippen molar-refractivity contribution in [1.29, 1.82) is 0 Å². The van der Waals surface area contributed by atoms with Crippen LogP contribution >= 0.6 is 11.3 Å². The largest absolute Gasteiger partial charge is 0.365 e. The Morgan fingerprint density at radius 1 is 1.47 bits per heavy atom. The fraction of sp³-hybridized carbons (Fsp3) is 0.429. The predicted molar refractivity (Wildman–Crippen MR) is 77.6 cm³/mol. The van der Waals surface area contributed by atoms with Crippen molar-refractivity contribution in [3.05, 3.63) is 39.1 Å². The molecule has 2 rings (SSSR count). The molecule has 0 aliphatic rings. The van der Waals surface area contributed by atoms with E-state index < -0.39 is 0 Å². The van der Waals surface area contributed by atoms with Crippen molar-refractivity contribution < 1.29 is 4.79 Å². The Kier molecular flexibility index (Phi) is 4.04. The molecule has 0 aliphatic heterocycles. The highest BCUT2D eigenvalue weighted by atomic mass is 32.1. The highest BCUT2D eigenvalue weighted by Crippen LogP contribution is 2.25. The molecule has 2 heterocycles. The maximum atomic E-state index is 12.2. The van der Waals surface area contributed by atoms with E-state index in [1.807, 2.05) is 13.8 Å². The molecule has 0 spiro atoms. The molecule has 2 aromatic rings. The third-order valence-corrected chi connectivity index (χ3v) is 4.44. The van der Waals surface area contributed by atoms with Gasteiger partial charge in [-0.15, -0.1) is 11.3 Å². The smallest absolute Gasteiger partial charge is 0.253 e. The van der Waals surface area contributed by atoms with Gasteiger partial charge in [0.05, 0.1) is 17.3 Å². The number of aryl methyl sites for hydroxylation is 3. The lowest BCUT2D eigenvalue weighted by Gasteiger charge is -2.14. The van der Waals surface area contributed by atoms with Crippen LogP contribution in [-0.2, 0) is 0 Å². The summed E-state index contributed by atoms with van der Waals surface area (Å²) in [4.78, 5) is 21.0. The minimum absolute atomic E-state index is 0.0146. The van der Waals surface area contributed by atoms with Gasteiger partial charge in [-0.05, 0) is 33.3 Å². The molecule has 2 aromatic heterocycles. The first-order chi connectivity index (χ1) is 9.02. The molecule has 102 valence electrons. The number of amides is 1. The van der Waals surface area contributed by atoms with Gasteiger partial charge >= 0.3 is 0 Å². The number of carbonyl (C=O) groups excluding carboxylic acids is 1. The molecule has 4 nitrogen and oxygen atoms in total. The van der Waals surface area contributed by atoms with Crippen LogP contribution in [0.4, 0.5) is 0 Å². The van der Waals surface area contributed by atoms with Crippen molar-refractivity contribution in [2.75, 3.05) is 0 Å². The number of hydrogen-bond donors (Lipinski definition) is 2. The van der Waals surface area contributed by atoms with Gasteiger partial charge in [0.25, 0.3) is 5.91 Å². The predicted octanol–water partition coefficient (Wildman–Crippen LogP) is 3.28. The van der Waals surface area contributed by atoms with Crippen molar-refractivity contribution in [1.82, 2.24) is 15.3 Å². The van der Waals surface area contributed by atoms with Gasteiger partial charge in [-0.25, -0.2) is 4.98 Å². The first-order valence-corrected chi connectivity index (χ1v) is 7.23. The molecule has 0 saturated heterocycles. The normalized spacial score (nSPS) is 12.4. The Morgan fingerprint density at radius 2 is 2.21 bits per heavy atom. The van der Waals surface area contributed by atoms with Crippen molar-refractivity contribution in [3.8, 4) is 0 Å². The van der Waals surface area contributed by atoms with Gasteiger partial charge in [0.15, 0.2) is 0 Å². The Labute approximate surface area is 117 Å². The van der Waals surface area contributed by atoms with E-state index in [9.17, 15) is 4.79 Å². The molecular weight excluding hydrogens is 258 g/mol. The van der Waals surface area contributed by atoms with E-state index in [2.05, 4.69) is 29.1 Å². The van der Waals surface area contributed by atoms with Crippen LogP contribution < -0.4 is 5.32 Å². The molecular formula is C14H19N3OS. The molecule has 0 saturated carbocycles. The average molecular weight is 277 g/mol. The van der Waals surface area contributed by atoms with Crippen LogP contribution in [0.1, 0.15) is 51.0 Å². The van der Waals surface area contributed by atoms with Gasteiger partial charge in [0, 0.05) is 16.8 Å². The zero-order chi connectivity index (χ0) is 14.0. The minimum atomic E-state index is -0.0453. The monoisotopic (exact) mass is 277 g/mol. The summed E-state index contributed by atoms with van der Waals surface area (Å²) in [6.07, 6.45) is 2.62. The number of thiazole rings is 1. The number of nitrogens with one attached hydrogen (secondary N) is 2. The third kappa shape index (κ3) is 2.87. The SMILES string of the molecule is CC[C@H](NC(=O)c1cc[nH]c1C)c1nc(C)c(C)s1. The van der Waals surface area contributed by atoms with E-state index in [-0.39, 0.29) is 11.9 Å². The zero-order valence-electron chi connectivity index (χ0n) is 11.7. The summed E-state index contributed by atoms with van der Waals surface area (Å²) >= 11 is 1.66. The Bertz CT molecular complexity index is 566. The second kappa shape index (κ2) is 5.57. The Hall–Kier alpha value is -1.62. The lowest BCUT2D eigenvalue weighted by Crippen LogP contribution is -2.28. The first-order valence-electron chi connectivity index (χ1n) is 6.41. The lowest BCUT2D eigenvalue weighted by molar-refractivity contribution is 0.0935. The van der Waals surface area contributed by atoms with Gasteiger partial charge < -0.3 is 10.3 Å². The van der Waals surface area contributed by atoms with Crippen molar-refractivity contribution in [2.24, 2.45) is 0 Å². The van der Waals surface area contributed by atoms with Gasteiger partial charge in [0.1, 0.15) is 5.01 Å². The summed E-state index contributed by atoms with van der Waals surface area (Å²) in [6.45, 7) is 8.01. The van der Waals surface area contributed by atoms with E-state index in [1.54, 1.807) is 23.6 Å². The standard InChI is InChI=1S/C14H19N3OS/c1-5-12(14-16-8(2)10(4)19-14)17-13(18)11-6-7-15-9(11)3/h6-7,12,15H,5H2,1-4H3,(H,17,18)/t12-/m0/s1. The molecule has 0 bridgehead atoms. The van der Waals surface area contributed by atoms with Crippen LogP contribution in [0.5, 0.6) is 0 Å². The second-order valence-electron chi connectivity index (χ2n) is 4.64. The highest BCUT2D eigenvalue weighted by Gasteiger charge is 2.19. The number of rotatable bonds is 4. The average Bonchev–Trinajstić information content (AvgIpc) is 2.93. The summed E-state index contributed by atoms with van der Waals surface area (Å²) < 4.78 is 0. The van der Waals surface area contributed by atoms with Gasteiger partial charge in [0.2, 0.25) is 0 Å². The maximum absolute atomic E-state index is 12.2. The minimum Gasteiger partial charge on any atom is -0.365 e. The summed E-state index contributed by atoms with van der Waals surface area (Å²) in [5.41, 5.74) is 2.63. The number of carbonyl (C=O) groups is 1. The Morgan fingerprint density at radius 3 is 2.68 bits per heavy atom. The molecule has 0 fully saturated rings. The quantitative estimate of drug-likeness (QED) is 0.901. The van der Waals surface area contributed by atoms with E-state index in [0.29, 0.717) is 5.56 Å². The van der Waals surface area contributed by atoms with E-state index in [0.717, 1.165) is 22.8 Å². The molecule has 0 unspecified atom stereocenters. The highest BCUT2D eigenvalue weighted by molar-refractivity contribution is 7.11. The fourth-order valence-corrected chi connectivity index (χ4v) is 2.98. The molecule has 1 amide bonds. The maximum Gasteiger partial charge on any atom is 0.253 e. The number of hydrogen-bond acceptors (Lipinski definition) is 3. The molecule has 0 aliphatic carbocycles. The summed E-state index contributed by atoms with van der Waals surface area (Å²) in [5.74, 6) is -0.0453. The van der Waals surface area contributed by atoms with Crippen molar-refractivity contribution in [3.63, 3.8) is 0 Å². The lowest BCUT2D eigenvalue weighted by atomic mass is 10.2.